The van der Waals surface area contributed by atoms with Crippen molar-refractivity contribution in [3.8, 4) is 17.2 Å². The molecule has 2 bridgehead atoms. The van der Waals surface area contributed by atoms with E-state index >= 15 is 0 Å². The second-order valence-electron chi connectivity index (χ2n) is 13.6. The van der Waals surface area contributed by atoms with Crippen molar-refractivity contribution in [2.24, 2.45) is 5.92 Å². The SMILES string of the molecule is C=CCN1CC[C@]23c4c5c(O)cc(OC(C)=O)c4O[C@H]2[C@@H](N(CCCCC)C(=O)CCCCCc2ccccc2)CC[C@H]3[C@H]1C5. The van der Waals surface area contributed by atoms with Gasteiger partial charge in [-0.05, 0) is 69.4 Å². The first-order chi connectivity index (χ1) is 21.9. The number of hydrogen-bond acceptors (Lipinski definition) is 6. The Kier molecular flexibility index (Phi) is 9.55. The van der Waals surface area contributed by atoms with Crippen LogP contribution in [-0.2, 0) is 27.8 Å². The predicted molar refractivity (Wildman–Crippen MR) is 176 cm³/mol. The zero-order valence-electron chi connectivity index (χ0n) is 27.1. The van der Waals surface area contributed by atoms with Gasteiger partial charge in [0.25, 0.3) is 0 Å². The largest absolute Gasteiger partial charge is 0.508 e. The molecule has 2 aliphatic carbocycles. The van der Waals surface area contributed by atoms with Crippen molar-refractivity contribution >= 4 is 11.9 Å². The number of esters is 1. The van der Waals surface area contributed by atoms with Crippen LogP contribution in [0.1, 0.15) is 94.7 Å². The Morgan fingerprint density at radius 3 is 2.73 bits per heavy atom. The fourth-order valence-electron chi connectivity index (χ4n) is 9.17. The van der Waals surface area contributed by atoms with Gasteiger partial charge >= 0.3 is 5.97 Å². The first-order valence-corrected chi connectivity index (χ1v) is 17.3. The van der Waals surface area contributed by atoms with Crippen molar-refractivity contribution in [3.05, 3.63) is 65.7 Å². The van der Waals surface area contributed by atoms with Crippen molar-refractivity contribution in [3.63, 3.8) is 0 Å². The molecule has 4 aliphatic rings. The van der Waals surface area contributed by atoms with Gasteiger partial charge in [0.05, 0.1) is 6.04 Å². The molecule has 2 fully saturated rings. The minimum Gasteiger partial charge on any atom is -0.508 e. The molecule has 2 heterocycles. The highest BCUT2D eigenvalue weighted by Crippen LogP contribution is 2.65. The van der Waals surface area contributed by atoms with Crippen molar-refractivity contribution < 1.29 is 24.2 Å². The molecule has 1 spiro atoms. The van der Waals surface area contributed by atoms with Crippen LogP contribution in [0.25, 0.3) is 0 Å². The molecule has 2 aromatic rings. The number of phenolic OH excluding ortho intramolecular Hbond substituents is 1. The number of ether oxygens (including phenoxy) is 2. The van der Waals surface area contributed by atoms with Crippen LogP contribution in [0.4, 0.5) is 0 Å². The monoisotopic (exact) mass is 614 g/mol. The highest BCUT2D eigenvalue weighted by Gasteiger charge is 2.67. The molecular weight excluding hydrogens is 564 g/mol. The zero-order chi connectivity index (χ0) is 31.6. The van der Waals surface area contributed by atoms with E-state index < -0.39 is 5.97 Å². The van der Waals surface area contributed by atoms with Crippen LogP contribution in [0.3, 0.4) is 0 Å². The molecule has 7 heteroatoms. The molecule has 242 valence electrons. The van der Waals surface area contributed by atoms with Gasteiger partial charge < -0.3 is 19.5 Å². The summed E-state index contributed by atoms with van der Waals surface area (Å²) < 4.78 is 12.6. The molecule has 7 nitrogen and oxygen atoms in total. The normalized spacial score (nSPS) is 26.1. The van der Waals surface area contributed by atoms with Gasteiger partial charge in [0.15, 0.2) is 11.5 Å². The minimum atomic E-state index is -0.437. The number of aromatic hydroxyl groups is 1. The number of piperidine rings is 1. The Hall–Kier alpha value is -3.32. The van der Waals surface area contributed by atoms with E-state index in [0.29, 0.717) is 23.8 Å². The first-order valence-electron chi connectivity index (χ1n) is 17.3. The number of nitrogens with zero attached hydrogens (tertiary/aromatic N) is 2. The topological polar surface area (TPSA) is 79.3 Å². The van der Waals surface area contributed by atoms with E-state index in [9.17, 15) is 14.7 Å². The Morgan fingerprint density at radius 2 is 1.98 bits per heavy atom. The van der Waals surface area contributed by atoms with E-state index in [1.807, 2.05) is 12.1 Å². The molecule has 2 aromatic carbocycles. The molecule has 6 rings (SSSR count). The first kappa shape index (κ1) is 31.7. The number of hydrogen-bond donors (Lipinski definition) is 1. The van der Waals surface area contributed by atoms with Gasteiger partial charge in [-0.3, -0.25) is 14.5 Å². The number of amides is 1. The highest BCUT2D eigenvalue weighted by molar-refractivity contribution is 5.77. The Labute approximate surface area is 268 Å². The molecule has 0 radical (unpaired) electrons. The number of carbonyl (C=O) groups is 2. The van der Waals surface area contributed by atoms with Crippen LogP contribution < -0.4 is 9.47 Å². The fourth-order valence-corrected chi connectivity index (χ4v) is 9.17. The smallest absolute Gasteiger partial charge is 0.308 e. The van der Waals surface area contributed by atoms with Gasteiger partial charge in [0.1, 0.15) is 11.9 Å². The molecule has 1 N–H and O–H groups in total. The molecule has 0 aromatic heterocycles. The van der Waals surface area contributed by atoms with E-state index in [2.05, 4.69) is 47.6 Å². The number of aryl methyl sites for hydroxylation is 1. The van der Waals surface area contributed by atoms with E-state index in [0.717, 1.165) is 101 Å². The quantitative estimate of drug-likeness (QED) is 0.110. The van der Waals surface area contributed by atoms with Crippen molar-refractivity contribution in [1.29, 1.82) is 0 Å². The van der Waals surface area contributed by atoms with Crippen LogP contribution in [0.15, 0.2) is 49.1 Å². The summed E-state index contributed by atoms with van der Waals surface area (Å²) in [6.07, 6.45) is 13.0. The zero-order valence-corrected chi connectivity index (χ0v) is 27.1. The molecule has 1 amide bonds. The Balaban J connectivity index is 1.28. The van der Waals surface area contributed by atoms with Gasteiger partial charge in [0, 0.05) is 55.1 Å². The molecular formula is C38H50N2O5. The fraction of sp³-hybridized carbons (Fsp3) is 0.579. The van der Waals surface area contributed by atoms with Crippen LogP contribution >= 0.6 is 0 Å². The Morgan fingerprint density at radius 1 is 1.16 bits per heavy atom. The summed E-state index contributed by atoms with van der Waals surface area (Å²) in [5.74, 6) is 1.20. The van der Waals surface area contributed by atoms with Crippen LogP contribution in [0.5, 0.6) is 17.2 Å². The maximum absolute atomic E-state index is 14.1. The summed E-state index contributed by atoms with van der Waals surface area (Å²) in [7, 11) is 0. The van der Waals surface area contributed by atoms with Crippen molar-refractivity contribution in [2.75, 3.05) is 19.6 Å². The number of benzene rings is 2. The number of phenols is 1. The number of rotatable bonds is 14. The Bertz CT molecular complexity index is 1390. The second kappa shape index (κ2) is 13.6. The molecule has 1 saturated carbocycles. The number of unbranched alkanes of at least 4 members (excludes halogenated alkanes) is 4. The average molecular weight is 615 g/mol. The van der Waals surface area contributed by atoms with Gasteiger partial charge in [-0.2, -0.15) is 0 Å². The van der Waals surface area contributed by atoms with E-state index in [4.69, 9.17) is 9.47 Å². The summed E-state index contributed by atoms with van der Waals surface area (Å²) in [6.45, 7) is 10.1. The summed E-state index contributed by atoms with van der Waals surface area (Å²) in [5, 5.41) is 11.3. The van der Waals surface area contributed by atoms with Gasteiger partial charge in [-0.15, -0.1) is 6.58 Å². The average Bonchev–Trinajstić information content (AvgIpc) is 3.37. The summed E-state index contributed by atoms with van der Waals surface area (Å²) in [4.78, 5) is 30.9. The van der Waals surface area contributed by atoms with Crippen LogP contribution in [-0.4, -0.2) is 64.6 Å². The number of likely N-dealkylation sites (tertiary alicyclic amines) is 1. The molecule has 0 unspecified atom stereocenters. The predicted octanol–water partition coefficient (Wildman–Crippen LogP) is 6.73. The minimum absolute atomic E-state index is 0.0628. The third-order valence-electron chi connectivity index (χ3n) is 11.0. The second-order valence-corrected chi connectivity index (χ2v) is 13.6. The van der Waals surface area contributed by atoms with E-state index in [1.54, 1.807) is 6.07 Å². The van der Waals surface area contributed by atoms with E-state index in [-0.39, 0.29) is 35.3 Å². The summed E-state index contributed by atoms with van der Waals surface area (Å²) >= 11 is 0. The maximum Gasteiger partial charge on any atom is 0.308 e. The summed E-state index contributed by atoms with van der Waals surface area (Å²) in [6, 6.07) is 12.3. The van der Waals surface area contributed by atoms with Gasteiger partial charge in [0.2, 0.25) is 5.91 Å². The van der Waals surface area contributed by atoms with Gasteiger partial charge in [-0.25, -0.2) is 0 Å². The molecule has 5 atom stereocenters. The van der Waals surface area contributed by atoms with Crippen LogP contribution in [0.2, 0.25) is 0 Å². The number of carbonyl (C=O) groups excluding carboxylic acids is 2. The molecule has 45 heavy (non-hydrogen) atoms. The maximum atomic E-state index is 14.1. The lowest BCUT2D eigenvalue weighted by Crippen LogP contribution is -2.69. The third-order valence-corrected chi connectivity index (χ3v) is 11.0. The van der Waals surface area contributed by atoms with Gasteiger partial charge in [-0.1, -0.05) is 62.6 Å². The lowest BCUT2D eigenvalue weighted by Gasteiger charge is -2.60. The molecule has 2 aliphatic heterocycles. The summed E-state index contributed by atoms with van der Waals surface area (Å²) in [5.41, 5.74) is 2.97. The lowest BCUT2D eigenvalue weighted by molar-refractivity contribution is -0.142. The van der Waals surface area contributed by atoms with Crippen molar-refractivity contribution in [1.82, 2.24) is 9.80 Å². The highest BCUT2D eigenvalue weighted by atomic mass is 16.6. The lowest BCUT2D eigenvalue weighted by atomic mass is 9.50. The van der Waals surface area contributed by atoms with Crippen molar-refractivity contribution in [2.45, 2.75) is 114 Å². The standard InChI is InChI=1S/C38H50N2O5/c1-4-6-13-22-40(34(43)17-12-8-11-16-27-14-9-7-10-15-27)30-19-18-29-31-24-28-32(42)25-33(44-26(3)41)36-35(28)38(29,37(30)45-36)20-23-39(31)21-5-2/h5,7,9-10,14-15,25,29-31,37,42H,2,4,6,8,11-13,16-24H2,1,3H3/t29-,30-,31+,37-,38-/m0/s1. The van der Waals surface area contributed by atoms with Crippen LogP contribution in [0, 0.1) is 5.92 Å². The third kappa shape index (κ3) is 5.89. The molecule has 1 saturated heterocycles. The van der Waals surface area contributed by atoms with E-state index in [1.165, 1.54) is 12.5 Å².